The van der Waals surface area contributed by atoms with Crippen LogP contribution >= 0.6 is 15.9 Å². The maximum Gasteiger partial charge on any atom is 0.317 e. The van der Waals surface area contributed by atoms with E-state index in [1.54, 1.807) is 0 Å². The van der Waals surface area contributed by atoms with Gasteiger partial charge in [0.05, 0.1) is 19.6 Å². The molecular formula is C15H19BrN2O5Tc. The largest absolute Gasteiger partial charge is 0.480 e. The summed E-state index contributed by atoms with van der Waals surface area (Å²) in [5, 5.41) is 20.3. The van der Waals surface area contributed by atoms with E-state index in [9.17, 15) is 14.4 Å². The maximum atomic E-state index is 12.1. The van der Waals surface area contributed by atoms with E-state index in [0.717, 1.165) is 26.1 Å². The van der Waals surface area contributed by atoms with E-state index in [0.29, 0.717) is 5.69 Å². The Hall–Kier alpha value is -1.28. The van der Waals surface area contributed by atoms with E-state index in [4.69, 9.17) is 10.2 Å². The van der Waals surface area contributed by atoms with Crippen molar-refractivity contribution in [3.8, 4) is 0 Å². The summed E-state index contributed by atoms with van der Waals surface area (Å²) in [6, 6.07) is 1.92. The van der Waals surface area contributed by atoms with Crippen LogP contribution in [0, 0.1) is 20.8 Å². The van der Waals surface area contributed by atoms with Gasteiger partial charge < -0.3 is 15.5 Å². The molecule has 0 saturated heterocycles. The van der Waals surface area contributed by atoms with Gasteiger partial charge in [-0.15, -0.1) is 0 Å². The van der Waals surface area contributed by atoms with E-state index in [2.05, 4.69) is 21.2 Å². The minimum atomic E-state index is -1.19. The van der Waals surface area contributed by atoms with Gasteiger partial charge in [0.15, 0.2) is 0 Å². The van der Waals surface area contributed by atoms with Crippen LogP contribution in [0.4, 0.5) is 5.69 Å². The third-order valence-corrected chi connectivity index (χ3v) is 4.45. The molecule has 0 unspecified atom stereocenters. The summed E-state index contributed by atoms with van der Waals surface area (Å²) in [5.41, 5.74) is 3.41. The van der Waals surface area contributed by atoms with Crippen LogP contribution < -0.4 is 5.32 Å². The van der Waals surface area contributed by atoms with Crippen molar-refractivity contribution in [3.63, 3.8) is 0 Å². The number of carbonyl (C=O) groups is 3. The Morgan fingerprint density at radius 3 is 2.00 bits per heavy atom. The predicted octanol–water partition coefficient (Wildman–Crippen LogP) is 1.78. The van der Waals surface area contributed by atoms with E-state index in [1.807, 2.05) is 26.8 Å². The van der Waals surface area contributed by atoms with Gasteiger partial charge in [-0.3, -0.25) is 19.3 Å². The number of aliphatic carboxylic acids is 2. The number of nitrogens with zero attached hydrogens (tertiary/aromatic N) is 1. The molecule has 0 aromatic heterocycles. The molecule has 0 aliphatic carbocycles. The van der Waals surface area contributed by atoms with Gasteiger partial charge in [0.1, 0.15) is 0 Å². The Bertz CT molecular complexity index is 635. The van der Waals surface area contributed by atoms with Crippen LogP contribution in [0.1, 0.15) is 16.7 Å². The van der Waals surface area contributed by atoms with Crippen LogP contribution in [0.3, 0.4) is 0 Å². The van der Waals surface area contributed by atoms with Crippen molar-refractivity contribution in [1.29, 1.82) is 0 Å². The molecule has 7 nitrogen and oxygen atoms in total. The molecule has 133 valence electrons. The molecular weight excluding hydrogens is 466 g/mol. The van der Waals surface area contributed by atoms with Gasteiger partial charge in [-0.25, -0.2) is 0 Å². The first-order valence-electron chi connectivity index (χ1n) is 6.84. The van der Waals surface area contributed by atoms with E-state index in [-0.39, 0.29) is 26.7 Å². The molecule has 1 aromatic rings. The van der Waals surface area contributed by atoms with Gasteiger partial charge in [0, 0.05) is 30.3 Å². The number of hydrogen-bond donors (Lipinski definition) is 3. The van der Waals surface area contributed by atoms with Crippen LogP contribution in [0.2, 0.25) is 0 Å². The van der Waals surface area contributed by atoms with Crippen LogP contribution in [0.5, 0.6) is 0 Å². The van der Waals surface area contributed by atoms with E-state index >= 15 is 0 Å². The van der Waals surface area contributed by atoms with Gasteiger partial charge in [-0.05, 0) is 37.5 Å². The average molecular weight is 485 g/mol. The molecule has 1 rings (SSSR count). The summed E-state index contributed by atoms with van der Waals surface area (Å²) in [5.74, 6) is -2.84. The Morgan fingerprint density at radius 2 is 1.54 bits per heavy atom. The molecule has 9 heteroatoms. The minimum absolute atomic E-state index is 0. The number of carbonyl (C=O) groups excluding carboxylic acids is 1. The quantitative estimate of drug-likeness (QED) is 0.544. The predicted molar refractivity (Wildman–Crippen MR) is 88.7 cm³/mol. The Morgan fingerprint density at radius 1 is 1.04 bits per heavy atom. The molecule has 0 fully saturated rings. The van der Waals surface area contributed by atoms with Gasteiger partial charge in [-0.1, -0.05) is 22.0 Å². The zero-order valence-electron chi connectivity index (χ0n) is 13.5. The minimum Gasteiger partial charge on any atom is -0.480 e. The fraction of sp³-hybridized carbons (Fsp3) is 0.400. The number of aryl methyl sites for hydroxylation is 2. The number of nitrogens with one attached hydrogen (secondary N) is 1. The van der Waals surface area contributed by atoms with Crippen molar-refractivity contribution < 1.29 is 44.7 Å². The third-order valence-electron chi connectivity index (χ3n) is 3.23. The molecule has 24 heavy (non-hydrogen) atoms. The van der Waals surface area contributed by atoms with Gasteiger partial charge in [-0.2, -0.15) is 0 Å². The number of carboxylic acids is 2. The van der Waals surface area contributed by atoms with Crippen LogP contribution in [-0.4, -0.2) is 52.6 Å². The number of anilines is 1. The second-order valence-corrected chi connectivity index (χ2v) is 6.10. The third kappa shape index (κ3) is 6.68. The summed E-state index contributed by atoms with van der Waals surface area (Å²) in [7, 11) is 0. The van der Waals surface area contributed by atoms with E-state index < -0.39 is 30.9 Å². The zero-order chi connectivity index (χ0) is 17.7. The molecule has 0 aliphatic rings. The molecule has 1 amide bonds. The molecule has 1 aromatic carbocycles. The molecule has 0 spiro atoms. The standard InChI is InChI=1S/C15H19BrN2O5.Tc/c1-8-4-9(2)15(10(3)14(8)16)17-11(19)5-18(6-12(20)21)7-13(22)23;/h4H,5-7H2,1-3H3,(H,17,19)(H,20,21)(H,22,23);. The molecule has 1 radical (unpaired) electrons. The van der Waals surface area contributed by atoms with Crippen LogP contribution in [-0.2, 0) is 34.5 Å². The summed E-state index contributed by atoms with van der Waals surface area (Å²) < 4.78 is 0.881. The van der Waals surface area contributed by atoms with Crippen molar-refractivity contribution in [3.05, 3.63) is 27.2 Å². The number of benzene rings is 1. The fourth-order valence-corrected chi connectivity index (χ4v) is 2.60. The smallest absolute Gasteiger partial charge is 0.317 e. The SMILES string of the molecule is Cc1cc(C)c(NC(=O)CN(CC(=O)O)CC(=O)O)c(C)c1Br.[Tc]. The number of carboxylic acid groups (broad SMARTS) is 2. The second kappa shape index (κ2) is 9.88. The van der Waals surface area contributed by atoms with Crippen molar-refractivity contribution in [1.82, 2.24) is 4.90 Å². The summed E-state index contributed by atoms with van der Waals surface area (Å²) >= 11 is 3.45. The Balaban J connectivity index is 0.00000529. The molecule has 0 atom stereocenters. The summed E-state index contributed by atoms with van der Waals surface area (Å²) in [6.45, 7) is 4.30. The number of rotatable bonds is 7. The first-order chi connectivity index (χ1) is 10.6. The van der Waals surface area contributed by atoms with Crippen molar-refractivity contribution in [2.75, 3.05) is 25.0 Å². The van der Waals surface area contributed by atoms with Crippen molar-refractivity contribution in [2.24, 2.45) is 0 Å². The number of amides is 1. The summed E-state index contributed by atoms with van der Waals surface area (Å²) in [6.07, 6.45) is 0. The van der Waals surface area contributed by atoms with Crippen molar-refractivity contribution >= 4 is 39.5 Å². The van der Waals surface area contributed by atoms with Gasteiger partial charge in [0.2, 0.25) is 5.91 Å². The Labute approximate surface area is 161 Å². The first-order valence-corrected chi connectivity index (χ1v) is 7.63. The van der Waals surface area contributed by atoms with Gasteiger partial charge >= 0.3 is 11.9 Å². The topological polar surface area (TPSA) is 107 Å². The normalized spacial score (nSPS) is 10.2. The molecule has 0 bridgehead atoms. The Kier molecular flexibility index (Phi) is 9.35. The first kappa shape index (κ1) is 22.7. The molecule has 0 heterocycles. The van der Waals surface area contributed by atoms with Crippen LogP contribution in [0.15, 0.2) is 10.5 Å². The second-order valence-electron chi connectivity index (χ2n) is 5.31. The average Bonchev–Trinajstić information content (AvgIpc) is 2.39. The molecule has 0 aliphatic heterocycles. The van der Waals surface area contributed by atoms with E-state index in [1.165, 1.54) is 0 Å². The number of halogens is 1. The number of hydrogen-bond acceptors (Lipinski definition) is 4. The summed E-state index contributed by atoms with van der Waals surface area (Å²) in [4.78, 5) is 34.7. The molecule has 0 saturated carbocycles. The van der Waals surface area contributed by atoms with Crippen molar-refractivity contribution in [2.45, 2.75) is 20.8 Å². The maximum absolute atomic E-state index is 12.1. The van der Waals surface area contributed by atoms with Crippen LogP contribution in [0.25, 0.3) is 0 Å². The molecule has 3 N–H and O–H groups in total. The zero-order valence-corrected chi connectivity index (χ0v) is 17.0. The monoisotopic (exact) mass is 483 g/mol. The van der Waals surface area contributed by atoms with Gasteiger partial charge in [0.25, 0.3) is 0 Å². The fourth-order valence-electron chi connectivity index (χ4n) is 2.29.